The molecule has 1 saturated heterocycles. The summed E-state index contributed by atoms with van der Waals surface area (Å²) in [6.45, 7) is 1.55. The Morgan fingerprint density at radius 3 is 3.11 bits per heavy atom. The lowest BCUT2D eigenvalue weighted by atomic mass is 10.2. The third-order valence-electron chi connectivity index (χ3n) is 3.21. The Morgan fingerprint density at radius 1 is 1.74 bits per heavy atom. The highest BCUT2D eigenvalue weighted by molar-refractivity contribution is 7.20. The highest BCUT2D eigenvalue weighted by atomic mass is 35.5. The molecule has 2 aromatic heterocycles. The number of thiophene rings is 1. The fourth-order valence-electron chi connectivity index (χ4n) is 2.10. The Bertz CT molecular complexity index is 618. The number of fused-ring (bicyclic) bond motifs is 1. The summed E-state index contributed by atoms with van der Waals surface area (Å²) in [6, 6.07) is 1.81. The summed E-state index contributed by atoms with van der Waals surface area (Å²) in [7, 11) is 1.38. The van der Waals surface area contributed by atoms with Crippen molar-refractivity contribution >= 4 is 39.3 Å². The maximum Gasteiger partial charge on any atom is 0.348 e. The van der Waals surface area contributed by atoms with Crippen LogP contribution in [0.1, 0.15) is 21.9 Å². The van der Waals surface area contributed by atoms with Gasteiger partial charge >= 0.3 is 5.97 Å². The minimum absolute atomic E-state index is 0.223. The lowest BCUT2D eigenvalue weighted by Crippen LogP contribution is -2.31. The van der Waals surface area contributed by atoms with Crippen LogP contribution in [-0.2, 0) is 21.9 Å². The first kappa shape index (κ1) is 12.9. The zero-order valence-electron chi connectivity index (χ0n) is 10.4. The summed E-state index contributed by atoms with van der Waals surface area (Å²) in [6.07, 6.45) is 1.27. The average Bonchev–Trinajstić information content (AvgIpc) is 2.90. The second-order valence-corrected chi connectivity index (χ2v) is 5.64. The summed E-state index contributed by atoms with van der Waals surface area (Å²) in [5, 5.41) is 0. The molecule has 3 heterocycles. The first-order chi connectivity index (χ1) is 9.22. The molecule has 1 aliphatic heterocycles. The van der Waals surface area contributed by atoms with Crippen LogP contribution in [-0.4, -0.2) is 35.3 Å². The number of hydrogen-bond donors (Lipinski definition) is 0. The molecule has 19 heavy (non-hydrogen) atoms. The SMILES string of the molecule is COC(=O)c1cc2c(nc(CCl)n2CC2CCO2)s1. The van der Waals surface area contributed by atoms with Gasteiger partial charge in [0.25, 0.3) is 0 Å². The van der Waals surface area contributed by atoms with Crippen molar-refractivity contribution in [2.75, 3.05) is 13.7 Å². The molecule has 102 valence electrons. The van der Waals surface area contributed by atoms with Gasteiger partial charge in [-0.05, 0) is 12.5 Å². The molecule has 0 bridgehead atoms. The van der Waals surface area contributed by atoms with Crippen molar-refractivity contribution in [2.45, 2.75) is 24.9 Å². The molecule has 0 aromatic carbocycles. The number of imidazole rings is 1. The quantitative estimate of drug-likeness (QED) is 0.643. The lowest BCUT2D eigenvalue weighted by molar-refractivity contribution is -0.0589. The minimum Gasteiger partial charge on any atom is -0.465 e. The fourth-order valence-corrected chi connectivity index (χ4v) is 3.28. The number of ether oxygens (including phenoxy) is 2. The summed E-state index contributed by atoms with van der Waals surface area (Å²) in [4.78, 5) is 17.4. The third kappa shape index (κ3) is 2.24. The Balaban J connectivity index is 1.99. The number of alkyl halides is 1. The van der Waals surface area contributed by atoms with Crippen LogP contribution >= 0.6 is 22.9 Å². The van der Waals surface area contributed by atoms with E-state index in [1.54, 1.807) is 0 Å². The summed E-state index contributed by atoms with van der Waals surface area (Å²) < 4.78 is 12.2. The van der Waals surface area contributed by atoms with Gasteiger partial charge in [0.2, 0.25) is 0 Å². The van der Waals surface area contributed by atoms with Gasteiger partial charge < -0.3 is 14.0 Å². The number of hydrogen-bond acceptors (Lipinski definition) is 5. The van der Waals surface area contributed by atoms with Gasteiger partial charge in [-0.1, -0.05) is 0 Å². The van der Waals surface area contributed by atoms with Gasteiger partial charge in [0.05, 0.1) is 31.2 Å². The molecule has 0 saturated carbocycles. The molecule has 3 rings (SSSR count). The van der Waals surface area contributed by atoms with E-state index in [0.29, 0.717) is 10.8 Å². The normalized spacial score (nSPS) is 18.5. The molecule has 0 radical (unpaired) electrons. The van der Waals surface area contributed by atoms with Gasteiger partial charge in [-0.3, -0.25) is 0 Å². The summed E-state index contributed by atoms with van der Waals surface area (Å²) >= 11 is 7.25. The maximum absolute atomic E-state index is 11.5. The number of rotatable bonds is 4. The highest BCUT2D eigenvalue weighted by Crippen LogP contribution is 2.29. The number of carbonyl (C=O) groups excluding carboxylic acids is 1. The number of halogens is 1. The predicted molar refractivity (Wildman–Crippen MR) is 72.9 cm³/mol. The lowest BCUT2D eigenvalue weighted by Gasteiger charge is -2.27. The Labute approximate surface area is 119 Å². The minimum atomic E-state index is -0.332. The van der Waals surface area contributed by atoms with Gasteiger partial charge in [0.1, 0.15) is 15.5 Å². The van der Waals surface area contributed by atoms with E-state index in [9.17, 15) is 4.79 Å². The van der Waals surface area contributed by atoms with Gasteiger partial charge in [-0.15, -0.1) is 22.9 Å². The van der Waals surface area contributed by atoms with Crippen molar-refractivity contribution < 1.29 is 14.3 Å². The fraction of sp³-hybridized carbons (Fsp3) is 0.500. The second-order valence-electron chi connectivity index (χ2n) is 4.35. The van der Waals surface area contributed by atoms with Gasteiger partial charge in [-0.2, -0.15) is 0 Å². The van der Waals surface area contributed by atoms with Crippen molar-refractivity contribution in [3.05, 3.63) is 16.8 Å². The van der Waals surface area contributed by atoms with E-state index >= 15 is 0 Å². The van der Waals surface area contributed by atoms with Crippen molar-refractivity contribution in [2.24, 2.45) is 0 Å². The number of carbonyl (C=O) groups is 1. The second kappa shape index (κ2) is 5.11. The zero-order valence-corrected chi connectivity index (χ0v) is 12.0. The van der Waals surface area contributed by atoms with E-state index in [4.69, 9.17) is 21.1 Å². The Morgan fingerprint density at radius 2 is 2.53 bits per heavy atom. The van der Waals surface area contributed by atoms with Crippen LogP contribution in [0.4, 0.5) is 0 Å². The van der Waals surface area contributed by atoms with E-state index in [0.717, 1.165) is 35.7 Å². The van der Waals surface area contributed by atoms with E-state index in [2.05, 4.69) is 4.98 Å². The third-order valence-corrected chi connectivity index (χ3v) is 4.45. The van der Waals surface area contributed by atoms with E-state index in [-0.39, 0.29) is 12.1 Å². The predicted octanol–water partition coefficient (Wildman–Crippen LogP) is 2.41. The average molecular weight is 301 g/mol. The molecule has 7 heteroatoms. The number of nitrogens with zero attached hydrogens (tertiary/aromatic N) is 2. The van der Waals surface area contributed by atoms with Gasteiger partial charge in [-0.25, -0.2) is 9.78 Å². The van der Waals surface area contributed by atoms with Crippen molar-refractivity contribution in [3.63, 3.8) is 0 Å². The van der Waals surface area contributed by atoms with Crippen LogP contribution in [0.5, 0.6) is 0 Å². The molecule has 0 spiro atoms. The first-order valence-electron chi connectivity index (χ1n) is 5.97. The summed E-state index contributed by atoms with van der Waals surface area (Å²) in [5.41, 5.74) is 0.927. The summed E-state index contributed by atoms with van der Waals surface area (Å²) in [5.74, 6) is 0.832. The van der Waals surface area contributed by atoms with Crippen LogP contribution < -0.4 is 0 Å². The van der Waals surface area contributed by atoms with E-state index in [1.807, 2.05) is 10.6 Å². The molecule has 5 nitrogen and oxygen atoms in total. The van der Waals surface area contributed by atoms with Crippen molar-refractivity contribution in [1.82, 2.24) is 9.55 Å². The molecule has 1 atom stereocenters. The van der Waals surface area contributed by atoms with Crippen LogP contribution in [0.15, 0.2) is 6.07 Å². The Kier molecular flexibility index (Phi) is 3.47. The topological polar surface area (TPSA) is 53.3 Å². The molecule has 0 aliphatic carbocycles. The molecule has 1 fully saturated rings. The number of methoxy groups -OCH3 is 1. The first-order valence-corrected chi connectivity index (χ1v) is 7.33. The molecule has 1 unspecified atom stereocenters. The number of aromatic nitrogens is 2. The van der Waals surface area contributed by atoms with Gasteiger partial charge in [0, 0.05) is 6.61 Å². The highest BCUT2D eigenvalue weighted by Gasteiger charge is 2.23. The van der Waals surface area contributed by atoms with E-state index < -0.39 is 0 Å². The number of esters is 1. The zero-order chi connectivity index (χ0) is 13.4. The maximum atomic E-state index is 11.5. The molecule has 0 amide bonds. The van der Waals surface area contributed by atoms with Crippen molar-refractivity contribution in [3.8, 4) is 0 Å². The van der Waals surface area contributed by atoms with Gasteiger partial charge in [0.15, 0.2) is 0 Å². The molecular formula is C12H13ClN2O3S. The van der Waals surface area contributed by atoms with Crippen molar-refractivity contribution in [1.29, 1.82) is 0 Å². The molecule has 2 aromatic rings. The van der Waals surface area contributed by atoms with E-state index in [1.165, 1.54) is 18.4 Å². The molecule has 1 aliphatic rings. The smallest absolute Gasteiger partial charge is 0.348 e. The van der Waals surface area contributed by atoms with Crippen LogP contribution in [0, 0.1) is 0 Å². The van der Waals surface area contributed by atoms with Crippen LogP contribution in [0.2, 0.25) is 0 Å². The van der Waals surface area contributed by atoms with Crippen LogP contribution in [0.25, 0.3) is 10.3 Å². The largest absolute Gasteiger partial charge is 0.465 e. The van der Waals surface area contributed by atoms with Crippen LogP contribution in [0.3, 0.4) is 0 Å². The molecule has 0 N–H and O–H groups in total. The monoisotopic (exact) mass is 300 g/mol. The Hall–Kier alpha value is -1.11. The standard InChI is InChI=1S/C12H13ClN2O3S/c1-17-12(16)9-4-8-11(19-9)14-10(5-13)15(8)6-7-2-3-18-7/h4,7H,2-3,5-6H2,1H3. The molecular weight excluding hydrogens is 288 g/mol.